The summed E-state index contributed by atoms with van der Waals surface area (Å²) in [5.41, 5.74) is 0.596. The molecule has 0 saturated carbocycles. The number of carbonyl (C=O) groups excluding carboxylic acids is 1. The van der Waals surface area contributed by atoms with Gasteiger partial charge in [-0.05, 0) is 38.1 Å². The highest BCUT2D eigenvalue weighted by Crippen LogP contribution is 2.27. The van der Waals surface area contributed by atoms with E-state index in [9.17, 15) is 4.79 Å². The molecule has 1 aliphatic heterocycles. The topological polar surface area (TPSA) is 50.8 Å². The van der Waals surface area contributed by atoms with E-state index in [0.29, 0.717) is 23.0 Å². The van der Waals surface area contributed by atoms with Crippen LogP contribution in [0.2, 0.25) is 0 Å². The summed E-state index contributed by atoms with van der Waals surface area (Å²) in [5.74, 6) is 1.82. The minimum atomic E-state index is 0.0307. The van der Waals surface area contributed by atoms with Crippen LogP contribution in [0, 0.1) is 5.92 Å². The lowest BCUT2D eigenvalue weighted by atomic mass is 10.1. The fourth-order valence-corrected chi connectivity index (χ4v) is 2.62. The summed E-state index contributed by atoms with van der Waals surface area (Å²) in [7, 11) is 5.11. The van der Waals surface area contributed by atoms with Crippen LogP contribution in [0.3, 0.4) is 0 Å². The SMILES string of the molecule is CNCC1CCN(C(=O)c2ccc(OC)cc2OC)C1. The third kappa shape index (κ3) is 3.04. The van der Waals surface area contributed by atoms with E-state index >= 15 is 0 Å². The molecule has 5 nitrogen and oxygen atoms in total. The highest BCUT2D eigenvalue weighted by atomic mass is 16.5. The number of methoxy groups -OCH3 is 2. The largest absolute Gasteiger partial charge is 0.497 e. The van der Waals surface area contributed by atoms with Crippen molar-refractivity contribution in [2.45, 2.75) is 6.42 Å². The smallest absolute Gasteiger partial charge is 0.257 e. The zero-order valence-electron chi connectivity index (χ0n) is 12.3. The average Bonchev–Trinajstić information content (AvgIpc) is 2.94. The molecule has 1 heterocycles. The maximum Gasteiger partial charge on any atom is 0.257 e. The van der Waals surface area contributed by atoms with Crippen molar-refractivity contribution in [1.29, 1.82) is 0 Å². The Kier molecular flexibility index (Phi) is 4.84. The predicted octanol–water partition coefficient (Wildman–Crippen LogP) is 1.39. The van der Waals surface area contributed by atoms with Gasteiger partial charge < -0.3 is 19.7 Å². The molecule has 20 heavy (non-hydrogen) atoms. The maximum absolute atomic E-state index is 12.6. The van der Waals surface area contributed by atoms with Crippen molar-refractivity contribution < 1.29 is 14.3 Å². The molecule has 5 heteroatoms. The first-order chi connectivity index (χ1) is 9.69. The molecule has 110 valence electrons. The van der Waals surface area contributed by atoms with Gasteiger partial charge in [-0.3, -0.25) is 4.79 Å². The summed E-state index contributed by atoms with van der Waals surface area (Å²) in [5, 5.41) is 3.17. The summed E-state index contributed by atoms with van der Waals surface area (Å²) in [6, 6.07) is 5.30. The van der Waals surface area contributed by atoms with Crippen LogP contribution in [0.25, 0.3) is 0 Å². The molecular formula is C15H22N2O3. The molecule has 1 unspecified atom stereocenters. The van der Waals surface area contributed by atoms with E-state index < -0.39 is 0 Å². The van der Waals surface area contributed by atoms with Gasteiger partial charge in [0, 0.05) is 19.2 Å². The van der Waals surface area contributed by atoms with Crippen LogP contribution < -0.4 is 14.8 Å². The average molecular weight is 278 g/mol. The van der Waals surface area contributed by atoms with Gasteiger partial charge in [0.25, 0.3) is 5.91 Å². The van der Waals surface area contributed by atoms with Crippen molar-refractivity contribution in [3.05, 3.63) is 23.8 Å². The van der Waals surface area contributed by atoms with Gasteiger partial charge in [0.15, 0.2) is 0 Å². The Morgan fingerprint density at radius 3 is 2.85 bits per heavy atom. The quantitative estimate of drug-likeness (QED) is 0.884. The summed E-state index contributed by atoms with van der Waals surface area (Å²) in [6.45, 7) is 2.55. The lowest BCUT2D eigenvalue weighted by Crippen LogP contribution is -2.30. The summed E-state index contributed by atoms with van der Waals surface area (Å²) >= 11 is 0. The van der Waals surface area contributed by atoms with Gasteiger partial charge in [0.2, 0.25) is 0 Å². The Morgan fingerprint density at radius 1 is 1.40 bits per heavy atom. The lowest BCUT2D eigenvalue weighted by molar-refractivity contribution is 0.0784. The summed E-state index contributed by atoms with van der Waals surface area (Å²) < 4.78 is 10.5. The fourth-order valence-electron chi connectivity index (χ4n) is 2.62. The van der Waals surface area contributed by atoms with Gasteiger partial charge in [0.05, 0.1) is 19.8 Å². The minimum absolute atomic E-state index is 0.0307. The van der Waals surface area contributed by atoms with Crippen LogP contribution >= 0.6 is 0 Å². The lowest BCUT2D eigenvalue weighted by Gasteiger charge is -2.18. The van der Waals surface area contributed by atoms with Gasteiger partial charge in [-0.15, -0.1) is 0 Å². The molecule has 1 amide bonds. The molecule has 1 aliphatic rings. The molecule has 1 fully saturated rings. The number of amides is 1. The second-order valence-corrected chi connectivity index (χ2v) is 5.03. The third-order valence-corrected chi connectivity index (χ3v) is 3.70. The third-order valence-electron chi connectivity index (χ3n) is 3.70. The molecule has 0 spiro atoms. The molecule has 1 aromatic rings. The van der Waals surface area contributed by atoms with Crippen LogP contribution in [0.1, 0.15) is 16.8 Å². The molecular weight excluding hydrogens is 256 g/mol. The van der Waals surface area contributed by atoms with Crippen LogP contribution in [-0.4, -0.2) is 51.7 Å². The van der Waals surface area contributed by atoms with Gasteiger partial charge >= 0.3 is 0 Å². The minimum Gasteiger partial charge on any atom is -0.497 e. The Labute approximate surface area is 119 Å². The van der Waals surface area contributed by atoms with Crippen molar-refractivity contribution >= 4 is 5.91 Å². The molecule has 0 radical (unpaired) electrons. The van der Waals surface area contributed by atoms with Crippen molar-refractivity contribution in [2.75, 3.05) is 40.9 Å². The van der Waals surface area contributed by atoms with E-state index in [0.717, 1.165) is 26.1 Å². The Hall–Kier alpha value is -1.75. The van der Waals surface area contributed by atoms with Crippen molar-refractivity contribution in [2.24, 2.45) is 5.92 Å². The number of carbonyl (C=O) groups is 1. The number of hydrogen-bond acceptors (Lipinski definition) is 4. The van der Waals surface area contributed by atoms with Gasteiger partial charge in [0.1, 0.15) is 11.5 Å². The Balaban J connectivity index is 2.13. The van der Waals surface area contributed by atoms with E-state index in [2.05, 4.69) is 5.32 Å². The molecule has 0 aliphatic carbocycles. The molecule has 2 rings (SSSR count). The van der Waals surface area contributed by atoms with Crippen molar-refractivity contribution in [3.8, 4) is 11.5 Å². The van der Waals surface area contributed by atoms with Crippen LogP contribution in [0.4, 0.5) is 0 Å². The van der Waals surface area contributed by atoms with E-state index in [4.69, 9.17) is 9.47 Å². The van der Waals surface area contributed by atoms with Gasteiger partial charge in [-0.1, -0.05) is 0 Å². The molecule has 1 N–H and O–H groups in total. The fraction of sp³-hybridized carbons (Fsp3) is 0.533. The van der Waals surface area contributed by atoms with Gasteiger partial charge in [-0.25, -0.2) is 0 Å². The van der Waals surface area contributed by atoms with Gasteiger partial charge in [-0.2, -0.15) is 0 Å². The van der Waals surface area contributed by atoms with Crippen LogP contribution in [0.5, 0.6) is 11.5 Å². The first-order valence-electron chi connectivity index (χ1n) is 6.85. The highest BCUT2D eigenvalue weighted by molar-refractivity contribution is 5.97. The number of hydrogen-bond donors (Lipinski definition) is 1. The van der Waals surface area contributed by atoms with Crippen molar-refractivity contribution in [1.82, 2.24) is 10.2 Å². The van der Waals surface area contributed by atoms with Crippen LogP contribution in [0.15, 0.2) is 18.2 Å². The van der Waals surface area contributed by atoms with Crippen molar-refractivity contribution in [3.63, 3.8) is 0 Å². The van der Waals surface area contributed by atoms with E-state index in [1.807, 2.05) is 11.9 Å². The molecule has 1 aromatic carbocycles. The number of benzene rings is 1. The number of rotatable bonds is 5. The molecule has 1 saturated heterocycles. The second-order valence-electron chi connectivity index (χ2n) is 5.03. The molecule has 0 aromatic heterocycles. The summed E-state index contributed by atoms with van der Waals surface area (Å²) in [4.78, 5) is 14.5. The summed E-state index contributed by atoms with van der Waals surface area (Å²) in [6.07, 6.45) is 1.05. The molecule has 1 atom stereocenters. The number of likely N-dealkylation sites (tertiary alicyclic amines) is 1. The maximum atomic E-state index is 12.6. The standard InChI is InChI=1S/C15H22N2O3/c1-16-9-11-6-7-17(10-11)15(18)13-5-4-12(19-2)8-14(13)20-3/h4-5,8,11,16H,6-7,9-10H2,1-3H3. The monoisotopic (exact) mass is 278 g/mol. The number of nitrogens with zero attached hydrogens (tertiary/aromatic N) is 1. The molecule has 0 bridgehead atoms. The van der Waals surface area contributed by atoms with E-state index in [-0.39, 0.29) is 5.91 Å². The first kappa shape index (κ1) is 14.7. The first-order valence-corrected chi connectivity index (χ1v) is 6.85. The highest BCUT2D eigenvalue weighted by Gasteiger charge is 2.28. The number of nitrogens with one attached hydrogen (secondary N) is 1. The normalized spacial score (nSPS) is 18.1. The zero-order chi connectivity index (χ0) is 14.5. The van der Waals surface area contributed by atoms with E-state index in [1.165, 1.54) is 0 Å². The number of ether oxygens (including phenoxy) is 2. The van der Waals surface area contributed by atoms with E-state index in [1.54, 1.807) is 32.4 Å². The zero-order valence-corrected chi connectivity index (χ0v) is 12.3. The predicted molar refractivity (Wildman–Crippen MR) is 77.5 cm³/mol. The Bertz CT molecular complexity index is 476. The Morgan fingerprint density at radius 2 is 2.20 bits per heavy atom. The second kappa shape index (κ2) is 6.61. The van der Waals surface area contributed by atoms with Crippen LogP contribution in [-0.2, 0) is 0 Å².